The number of hydrogen-bond acceptors (Lipinski definition) is 3. The van der Waals surface area contributed by atoms with Gasteiger partial charge in [-0.25, -0.2) is 0 Å². The number of aliphatic carboxylic acids is 1. The van der Waals surface area contributed by atoms with Crippen molar-refractivity contribution < 1.29 is 14.6 Å². The predicted octanol–water partition coefficient (Wildman–Crippen LogP) is 2.17. The van der Waals surface area contributed by atoms with Crippen LogP contribution in [-0.2, 0) is 17.8 Å². The third kappa shape index (κ3) is 3.13. The molecular weight excluding hydrogens is 270 g/mol. The van der Waals surface area contributed by atoms with Crippen LogP contribution in [0, 0.1) is 0 Å². The van der Waals surface area contributed by atoms with E-state index in [1.807, 2.05) is 31.2 Å². The highest BCUT2D eigenvalue weighted by molar-refractivity contribution is 5.70. The van der Waals surface area contributed by atoms with Gasteiger partial charge in [-0.3, -0.25) is 9.59 Å². The smallest absolute Gasteiger partial charge is 0.308 e. The third-order valence-corrected chi connectivity index (χ3v) is 3.30. The summed E-state index contributed by atoms with van der Waals surface area (Å²) in [4.78, 5) is 23.1. The first-order chi connectivity index (χ1) is 10.1. The fraction of sp³-hybridized carbons (Fsp3) is 0.250. The van der Waals surface area contributed by atoms with Crippen molar-refractivity contribution >= 4 is 5.97 Å². The summed E-state index contributed by atoms with van der Waals surface area (Å²) in [5, 5.41) is 8.84. The molecule has 0 saturated carbocycles. The van der Waals surface area contributed by atoms with Crippen LogP contribution in [0.2, 0.25) is 0 Å². The number of carbonyl (C=O) groups is 1. The average molecular weight is 287 g/mol. The SMILES string of the molecule is CCn1c(-c2ccc(OC)cc2)ccc(CC(=O)O)c1=O. The van der Waals surface area contributed by atoms with Gasteiger partial charge in [-0.15, -0.1) is 0 Å². The summed E-state index contributed by atoms with van der Waals surface area (Å²) < 4.78 is 6.70. The molecule has 2 aromatic rings. The highest BCUT2D eigenvalue weighted by Gasteiger charge is 2.11. The molecule has 0 bridgehead atoms. The first-order valence-electron chi connectivity index (χ1n) is 6.65. The third-order valence-electron chi connectivity index (χ3n) is 3.30. The number of hydrogen-bond donors (Lipinski definition) is 1. The summed E-state index contributed by atoms with van der Waals surface area (Å²) in [6.45, 7) is 2.34. The van der Waals surface area contributed by atoms with Crippen LogP contribution in [0.4, 0.5) is 0 Å². The number of nitrogens with zero attached hydrogens (tertiary/aromatic N) is 1. The van der Waals surface area contributed by atoms with Crippen LogP contribution in [-0.4, -0.2) is 22.8 Å². The minimum Gasteiger partial charge on any atom is -0.497 e. The van der Waals surface area contributed by atoms with Crippen LogP contribution in [0.3, 0.4) is 0 Å². The van der Waals surface area contributed by atoms with Gasteiger partial charge in [-0.2, -0.15) is 0 Å². The molecule has 0 amide bonds. The summed E-state index contributed by atoms with van der Waals surface area (Å²) in [5.74, 6) is -0.265. The highest BCUT2D eigenvalue weighted by atomic mass is 16.5. The van der Waals surface area contributed by atoms with E-state index in [2.05, 4.69) is 0 Å². The van der Waals surface area contributed by atoms with E-state index in [9.17, 15) is 9.59 Å². The van der Waals surface area contributed by atoms with E-state index in [-0.39, 0.29) is 12.0 Å². The zero-order valence-electron chi connectivity index (χ0n) is 12.0. The van der Waals surface area contributed by atoms with E-state index in [0.29, 0.717) is 12.1 Å². The molecule has 0 saturated heterocycles. The topological polar surface area (TPSA) is 68.5 Å². The highest BCUT2D eigenvalue weighted by Crippen LogP contribution is 2.21. The van der Waals surface area contributed by atoms with Gasteiger partial charge in [0.2, 0.25) is 0 Å². The van der Waals surface area contributed by atoms with Crippen LogP contribution < -0.4 is 10.3 Å². The van der Waals surface area contributed by atoms with Crippen LogP contribution in [0.15, 0.2) is 41.2 Å². The van der Waals surface area contributed by atoms with E-state index < -0.39 is 5.97 Å². The second-order valence-electron chi connectivity index (χ2n) is 4.59. The van der Waals surface area contributed by atoms with Crippen LogP contribution >= 0.6 is 0 Å². The van der Waals surface area contributed by atoms with Gasteiger partial charge in [-0.1, -0.05) is 6.07 Å². The molecule has 0 aliphatic heterocycles. The average Bonchev–Trinajstić information content (AvgIpc) is 2.49. The molecule has 5 heteroatoms. The molecule has 2 rings (SSSR count). The Bertz CT molecular complexity index is 701. The van der Waals surface area contributed by atoms with Gasteiger partial charge in [0.25, 0.3) is 5.56 Å². The van der Waals surface area contributed by atoms with E-state index >= 15 is 0 Å². The van der Waals surface area contributed by atoms with Crippen molar-refractivity contribution in [1.82, 2.24) is 4.57 Å². The van der Waals surface area contributed by atoms with E-state index in [4.69, 9.17) is 9.84 Å². The Morgan fingerprint density at radius 2 is 1.86 bits per heavy atom. The Balaban J connectivity index is 2.51. The molecule has 0 spiro atoms. The molecule has 21 heavy (non-hydrogen) atoms. The molecule has 0 aliphatic carbocycles. The summed E-state index contributed by atoms with van der Waals surface area (Å²) in [5.41, 5.74) is 1.69. The van der Waals surface area contributed by atoms with Crippen molar-refractivity contribution in [1.29, 1.82) is 0 Å². The van der Waals surface area contributed by atoms with Gasteiger partial charge < -0.3 is 14.4 Å². The van der Waals surface area contributed by atoms with Gasteiger partial charge in [0.05, 0.1) is 19.2 Å². The Morgan fingerprint density at radius 1 is 1.19 bits per heavy atom. The maximum absolute atomic E-state index is 12.3. The number of benzene rings is 1. The van der Waals surface area contributed by atoms with E-state index in [0.717, 1.165) is 17.0 Å². The van der Waals surface area contributed by atoms with E-state index in [1.165, 1.54) is 0 Å². The summed E-state index contributed by atoms with van der Waals surface area (Å²) in [6.07, 6.45) is -0.262. The summed E-state index contributed by atoms with van der Waals surface area (Å²) in [6, 6.07) is 10.8. The Hall–Kier alpha value is -2.56. The van der Waals surface area contributed by atoms with Crippen LogP contribution in [0.1, 0.15) is 12.5 Å². The second-order valence-corrected chi connectivity index (χ2v) is 4.59. The quantitative estimate of drug-likeness (QED) is 0.915. The Kier molecular flexibility index (Phi) is 4.42. The number of ether oxygens (including phenoxy) is 1. The van der Waals surface area contributed by atoms with Gasteiger partial charge in [-0.05, 0) is 42.8 Å². The molecule has 1 heterocycles. The monoisotopic (exact) mass is 287 g/mol. The molecule has 0 unspecified atom stereocenters. The molecule has 0 radical (unpaired) electrons. The molecule has 110 valence electrons. The van der Waals surface area contributed by atoms with Gasteiger partial charge in [0.15, 0.2) is 0 Å². The standard InChI is InChI=1S/C16H17NO4/c1-3-17-14(11-4-7-13(21-2)8-5-11)9-6-12(16(17)20)10-15(18)19/h4-9H,3,10H2,1-2H3,(H,18,19). The minimum absolute atomic E-state index is 0.256. The molecule has 1 N–H and O–H groups in total. The summed E-state index contributed by atoms with van der Waals surface area (Å²) in [7, 11) is 1.59. The zero-order valence-corrected chi connectivity index (χ0v) is 12.0. The fourth-order valence-electron chi connectivity index (χ4n) is 2.25. The summed E-state index contributed by atoms with van der Waals surface area (Å²) >= 11 is 0. The van der Waals surface area contributed by atoms with Gasteiger partial charge in [0.1, 0.15) is 5.75 Å². The molecular formula is C16H17NO4. The maximum atomic E-state index is 12.3. The van der Waals surface area contributed by atoms with Gasteiger partial charge in [0, 0.05) is 12.1 Å². The van der Waals surface area contributed by atoms with E-state index in [1.54, 1.807) is 23.8 Å². The van der Waals surface area contributed by atoms with Crippen molar-refractivity contribution in [3.63, 3.8) is 0 Å². The molecule has 0 atom stereocenters. The predicted molar refractivity (Wildman–Crippen MR) is 79.7 cm³/mol. The zero-order chi connectivity index (χ0) is 15.4. The molecule has 0 aliphatic rings. The lowest BCUT2D eigenvalue weighted by Gasteiger charge is -2.13. The Labute approximate surface area is 122 Å². The number of aromatic nitrogens is 1. The fourth-order valence-corrected chi connectivity index (χ4v) is 2.25. The first-order valence-corrected chi connectivity index (χ1v) is 6.65. The Morgan fingerprint density at radius 3 is 2.38 bits per heavy atom. The number of pyridine rings is 1. The first kappa shape index (κ1) is 14.8. The van der Waals surface area contributed by atoms with Crippen LogP contribution in [0.5, 0.6) is 5.75 Å². The van der Waals surface area contributed by atoms with Crippen molar-refractivity contribution in [3.05, 3.63) is 52.3 Å². The number of methoxy groups -OCH3 is 1. The van der Waals surface area contributed by atoms with Crippen molar-refractivity contribution in [2.24, 2.45) is 0 Å². The van der Waals surface area contributed by atoms with Crippen LogP contribution in [0.25, 0.3) is 11.3 Å². The number of rotatable bonds is 5. The molecule has 0 fully saturated rings. The lowest BCUT2D eigenvalue weighted by Crippen LogP contribution is -2.25. The van der Waals surface area contributed by atoms with Gasteiger partial charge >= 0.3 is 5.97 Å². The van der Waals surface area contributed by atoms with Crippen molar-refractivity contribution in [2.75, 3.05) is 7.11 Å². The number of carboxylic acids is 1. The molecule has 1 aromatic carbocycles. The largest absolute Gasteiger partial charge is 0.497 e. The molecule has 5 nitrogen and oxygen atoms in total. The normalized spacial score (nSPS) is 10.4. The lowest BCUT2D eigenvalue weighted by molar-refractivity contribution is -0.136. The van der Waals surface area contributed by atoms with Crippen molar-refractivity contribution in [3.8, 4) is 17.0 Å². The van der Waals surface area contributed by atoms with Crippen molar-refractivity contribution in [2.45, 2.75) is 19.9 Å². The maximum Gasteiger partial charge on any atom is 0.308 e. The molecule has 1 aromatic heterocycles. The lowest BCUT2D eigenvalue weighted by atomic mass is 10.1. The minimum atomic E-state index is -1.01. The second kappa shape index (κ2) is 6.26. The number of carboxylic acid groups (broad SMARTS) is 1.